The number of hydrogen-bond donors (Lipinski definition) is 1. The number of ketones is 2. The van der Waals surface area contributed by atoms with Crippen molar-refractivity contribution in [2.75, 3.05) is 0 Å². The van der Waals surface area contributed by atoms with Crippen LogP contribution in [0.25, 0.3) is 0 Å². The Balaban J connectivity index is 1.81. The van der Waals surface area contributed by atoms with Crippen LogP contribution >= 0.6 is 0 Å². The van der Waals surface area contributed by atoms with Crippen LogP contribution in [0, 0.1) is 34.5 Å². The maximum absolute atomic E-state index is 16.8. The van der Waals surface area contributed by atoms with Gasteiger partial charge in [-0.15, -0.1) is 0 Å². The van der Waals surface area contributed by atoms with E-state index in [0.29, 0.717) is 25.7 Å². The first-order valence-corrected chi connectivity index (χ1v) is 10.2. The average molecular weight is 362 g/mol. The van der Waals surface area contributed by atoms with E-state index in [0.717, 1.165) is 18.4 Å². The van der Waals surface area contributed by atoms with Crippen molar-refractivity contribution in [1.82, 2.24) is 0 Å². The lowest BCUT2D eigenvalue weighted by Crippen LogP contribution is -2.67. The SMILES string of the molecule is CC(=O)[C@H]1[C@H](C)C[C@H]2[C@@H]3CCC4=CC(=O)CC[C@]4(C)[C@@]3(F)[C@H](O)C[C@@]21C. The van der Waals surface area contributed by atoms with Crippen molar-refractivity contribution < 1.29 is 19.1 Å². The molecular formula is C22H31FO3. The van der Waals surface area contributed by atoms with Crippen molar-refractivity contribution in [3.63, 3.8) is 0 Å². The van der Waals surface area contributed by atoms with Crippen LogP contribution in [-0.4, -0.2) is 28.4 Å². The van der Waals surface area contributed by atoms with Gasteiger partial charge in [0.2, 0.25) is 0 Å². The summed E-state index contributed by atoms with van der Waals surface area (Å²) in [5, 5.41) is 11.1. The second kappa shape index (κ2) is 5.50. The molecule has 0 heterocycles. The second-order valence-corrected chi connectivity index (χ2v) is 10.0. The molecule has 4 heteroatoms. The van der Waals surface area contributed by atoms with Crippen molar-refractivity contribution >= 4 is 11.6 Å². The van der Waals surface area contributed by atoms with Crippen molar-refractivity contribution in [3.8, 4) is 0 Å². The number of carbonyl (C=O) groups excluding carboxylic acids is 2. The molecule has 0 spiro atoms. The second-order valence-electron chi connectivity index (χ2n) is 10.0. The van der Waals surface area contributed by atoms with Crippen LogP contribution < -0.4 is 0 Å². The minimum Gasteiger partial charge on any atom is -0.390 e. The summed E-state index contributed by atoms with van der Waals surface area (Å²) in [4.78, 5) is 24.3. The van der Waals surface area contributed by atoms with E-state index in [4.69, 9.17) is 0 Å². The Morgan fingerprint density at radius 1 is 1.27 bits per heavy atom. The van der Waals surface area contributed by atoms with Gasteiger partial charge >= 0.3 is 0 Å². The molecule has 4 aliphatic rings. The van der Waals surface area contributed by atoms with Crippen LogP contribution in [0.4, 0.5) is 4.39 Å². The number of halogens is 1. The molecule has 26 heavy (non-hydrogen) atoms. The Morgan fingerprint density at radius 2 is 1.96 bits per heavy atom. The predicted molar refractivity (Wildman–Crippen MR) is 97.2 cm³/mol. The van der Waals surface area contributed by atoms with Crippen LogP contribution in [0.2, 0.25) is 0 Å². The Labute approximate surface area is 155 Å². The Kier molecular flexibility index (Phi) is 3.88. The van der Waals surface area contributed by atoms with Gasteiger partial charge in [-0.1, -0.05) is 26.3 Å². The molecular weight excluding hydrogens is 331 g/mol. The van der Waals surface area contributed by atoms with Gasteiger partial charge in [0.25, 0.3) is 0 Å². The van der Waals surface area contributed by atoms with E-state index in [1.54, 1.807) is 13.0 Å². The zero-order valence-corrected chi connectivity index (χ0v) is 16.3. The van der Waals surface area contributed by atoms with Gasteiger partial charge in [-0.2, -0.15) is 0 Å². The number of fused-ring (bicyclic) bond motifs is 5. The van der Waals surface area contributed by atoms with Gasteiger partial charge in [0.05, 0.1) is 6.10 Å². The van der Waals surface area contributed by atoms with Gasteiger partial charge < -0.3 is 5.11 Å². The molecule has 3 saturated carbocycles. The molecule has 0 bridgehead atoms. The quantitative estimate of drug-likeness (QED) is 0.766. The fourth-order valence-electron chi connectivity index (χ4n) is 7.80. The van der Waals surface area contributed by atoms with Gasteiger partial charge in [-0.3, -0.25) is 9.59 Å². The number of alkyl halides is 1. The Hall–Kier alpha value is -1.03. The molecule has 0 aromatic carbocycles. The maximum Gasteiger partial charge on any atom is 0.155 e. The number of hydrogen-bond acceptors (Lipinski definition) is 3. The minimum absolute atomic E-state index is 0.0841. The summed E-state index contributed by atoms with van der Waals surface area (Å²) in [7, 11) is 0. The van der Waals surface area contributed by atoms with Crippen molar-refractivity contribution in [1.29, 1.82) is 0 Å². The Morgan fingerprint density at radius 3 is 2.62 bits per heavy atom. The van der Waals surface area contributed by atoms with E-state index >= 15 is 4.39 Å². The van der Waals surface area contributed by atoms with E-state index < -0.39 is 17.2 Å². The molecule has 8 atom stereocenters. The molecule has 3 fully saturated rings. The monoisotopic (exact) mass is 362 g/mol. The van der Waals surface area contributed by atoms with Crippen molar-refractivity contribution in [3.05, 3.63) is 11.6 Å². The molecule has 0 saturated heterocycles. The first kappa shape index (κ1) is 18.3. The number of rotatable bonds is 1. The fourth-order valence-corrected chi connectivity index (χ4v) is 7.80. The van der Waals surface area contributed by atoms with E-state index in [1.165, 1.54) is 0 Å². The predicted octanol–water partition coefficient (Wildman–Crippen LogP) is 4.03. The van der Waals surface area contributed by atoms with Crippen molar-refractivity contribution in [2.24, 2.45) is 34.5 Å². The molecule has 1 N–H and O–H groups in total. The highest BCUT2D eigenvalue weighted by atomic mass is 19.1. The molecule has 0 unspecified atom stereocenters. The molecule has 0 aromatic heterocycles. The zero-order valence-electron chi connectivity index (χ0n) is 16.3. The Bertz CT molecular complexity index is 700. The molecule has 4 rings (SSSR count). The number of aliphatic hydroxyl groups is 1. The lowest BCUT2D eigenvalue weighted by molar-refractivity contribution is -0.208. The number of aliphatic hydroxyl groups excluding tert-OH is 1. The topological polar surface area (TPSA) is 54.4 Å². The third-order valence-corrected chi connectivity index (χ3v) is 8.82. The van der Waals surface area contributed by atoms with Crippen LogP contribution in [0.1, 0.15) is 66.2 Å². The third-order valence-electron chi connectivity index (χ3n) is 8.82. The van der Waals surface area contributed by atoms with Gasteiger partial charge in [-0.25, -0.2) is 4.39 Å². The normalized spacial score (nSPS) is 53.4. The van der Waals surface area contributed by atoms with Crippen LogP contribution in [0.15, 0.2) is 11.6 Å². The number of carbonyl (C=O) groups is 2. The summed E-state index contributed by atoms with van der Waals surface area (Å²) >= 11 is 0. The average Bonchev–Trinajstić information content (AvgIpc) is 2.80. The summed E-state index contributed by atoms with van der Waals surface area (Å²) in [5.74, 6) is 0.279. The van der Waals surface area contributed by atoms with Crippen LogP contribution in [-0.2, 0) is 9.59 Å². The highest BCUT2D eigenvalue weighted by Crippen LogP contribution is 2.70. The highest BCUT2D eigenvalue weighted by molar-refractivity contribution is 5.91. The lowest BCUT2D eigenvalue weighted by atomic mass is 9.44. The zero-order chi connectivity index (χ0) is 19.1. The van der Waals surface area contributed by atoms with Crippen LogP contribution in [0.5, 0.6) is 0 Å². The minimum atomic E-state index is -1.70. The molecule has 0 aliphatic heterocycles. The summed E-state index contributed by atoms with van der Waals surface area (Å²) in [5.41, 5.74) is -1.90. The molecule has 0 aromatic rings. The molecule has 4 aliphatic carbocycles. The molecule has 3 nitrogen and oxygen atoms in total. The number of allylic oxidation sites excluding steroid dienone is 1. The smallest absolute Gasteiger partial charge is 0.155 e. The highest BCUT2D eigenvalue weighted by Gasteiger charge is 2.71. The third kappa shape index (κ3) is 2.03. The van der Waals surface area contributed by atoms with Crippen LogP contribution in [0.3, 0.4) is 0 Å². The van der Waals surface area contributed by atoms with Crippen molar-refractivity contribution in [2.45, 2.75) is 78.0 Å². The standard InChI is InChI=1S/C22H31FO3/c1-12-9-17-16-6-5-14-10-15(25)7-8-21(14,4)22(16,23)18(26)11-20(17,3)19(12)13(2)24/h10,12,16-19,26H,5-9,11H2,1-4H3/t12-,16+,17+,18-,19-,20+,21+,22+/m1/s1. The number of Topliss-reactive ketones (excluding diaryl/α,β-unsaturated/α-hetero) is 1. The van der Waals surface area contributed by atoms with E-state index in [1.807, 2.05) is 6.92 Å². The maximum atomic E-state index is 16.8. The van der Waals surface area contributed by atoms with E-state index in [9.17, 15) is 14.7 Å². The molecule has 0 amide bonds. The lowest BCUT2D eigenvalue weighted by Gasteiger charge is -2.62. The fraction of sp³-hybridized carbons (Fsp3) is 0.818. The van der Waals surface area contributed by atoms with Gasteiger partial charge in [0.1, 0.15) is 11.5 Å². The summed E-state index contributed by atoms with van der Waals surface area (Å²) in [6.07, 6.45) is 4.01. The summed E-state index contributed by atoms with van der Waals surface area (Å²) in [6, 6.07) is 0. The summed E-state index contributed by atoms with van der Waals surface area (Å²) in [6.45, 7) is 7.78. The van der Waals surface area contributed by atoms with Gasteiger partial charge in [0, 0.05) is 23.7 Å². The largest absolute Gasteiger partial charge is 0.390 e. The van der Waals surface area contributed by atoms with Gasteiger partial charge in [-0.05, 0) is 62.4 Å². The summed E-state index contributed by atoms with van der Waals surface area (Å²) < 4.78 is 16.8. The first-order valence-electron chi connectivity index (χ1n) is 10.2. The first-order chi connectivity index (χ1) is 12.1. The molecule has 144 valence electrons. The van der Waals surface area contributed by atoms with E-state index in [-0.39, 0.29) is 40.7 Å². The molecule has 0 radical (unpaired) electrons. The van der Waals surface area contributed by atoms with Gasteiger partial charge in [0.15, 0.2) is 5.78 Å². The van der Waals surface area contributed by atoms with E-state index in [2.05, 4.69) is 13.8 Å².